The number of fused-ring (bicyclic) bond motifs is 1. The van der Waals surface area contributed by atoms with Gasteiger partial charge in [0.15, 0.2) is 5.65 Å². The van der Waals surface area contributed by atoms with E-state index in [0.717, 1.165) is 23.2 Å². The van der Waals surface area contributed by atoms with Gasteiger partial charge >= 0.3 is 0 Å². The average Bonchev–Trinajstić information content (AvgIpc) is 3.09. The lowest BCUT2D eigenvalue weighted by Crippen LogP contribution is -2.31. The van der Waals surface area contributed by atoms with Gasteiger partial charge < -0.3 is 9.47 Å². The second kappa shape index (κ2) is 9.77. The fourth-order valence-electron chi connectivity index (χ4n) is 3.73. The minimum atomic E-state index is -4.03. The average molecular weight is 512 g/mol. The van der Waals surface area contributed by atoms with E-state index in [1.807, 2.05) is 50.7 Å². The summed E-state index contributed by atoms with van der Waals surface area (Å²) in [6.45, 7) is 4.88. The Morgan fingerprint density at radius 2 is 1.74 bits per heavy atom. The van der Waals surface area contributed by atoms with Gasteiger partial charge in [0.2, 0.25) is 0 Å². The topological polar surface area (TPSA) is 97.2 Å². The minimum absolute atomic E-state index is 0.00534. The molecule has 0 fully saturated rings. The molecule has 0 aliphatic rings. The van der Waals surface area contributed by atoms with Crippen molar-refractivity contribution in [3.63, 3.8) is 0 Å². The molecule has 0 spiro atoms. The van der Waals surface area contributed by atoms with E-state index in [1.54, 1.807) is 18.2 Å². The van der Waals surface area contributed by atoms with Crippen LogP contribution in [0, 0.1) is 13.8 Å². The Balaban J connectivity index is 1.62. The summed E-state index contributed by atoms with van der Waals surface area (Å²) in [6.07, 6.45) is 0. The van der Waals surface area contributed by atoms with Crippen LogP contribution >= 0.6 is 11.6 Å². The lowest BCUT2D eigenvalue weighted by molar-refractivity contribution is 0.0977. The highest BCUT2D eigenvalue weighted by Gasteiger charge is 2.21. The molecule has 0 saturated carbocycles. The van der Waals surface area contributed by atoms with Crippen LogP contribution in [0.15, 0.2) is 59.5 Å². The molecule has 0 aliphatic heterocycles. The van der Waals surface area contributed by atoms with Crippen molar-refractivity contribution in [1.29, 1.82) is 0 Å². The number of halogens is 1. The van der Waals surface area contributed by atoms with Crippen LogP contribution in [0.2, 0.25) is 5.02 Å². The third-order valence-electron chi connectivity index (χ3n) is 5.52. The zero-order chi connectivity index (χ0) is 25.3. The molecule has 1 amide bonds. The van der Waals surface area contributed by atoms with Crippen LogP contribution in [0.5, 0.6) is 0 Å². The third kappa shape index (κ3) is 5.53. The van der Waals surface area contributed by atoms with Crippen molar-refractivity contribution in [3.05, 3.63) is 87.8 Å². The van der Waals surface area contributed by atoms with Crippen molar-refractivity contribution in [1.82, 2.24) is 24.2 Å². The molecule has 0 aliphatic carbocycles. The molecular formula is C25H26ClN5O3S. The highest BCUT2D eigenvalue weighted by molar-refractivity contribution is 7.90. The second-order valence-electron chi connectivity index (χ2n) is 8.70. The predicted molar refractivity (Wildman–Crippen MR) is 136 cm³/mol. The first-order valence-electron chi connectivity index (χ1n) is 10.9. The third-order valence-corrected chi connectivity index (χ3v) is 7.22. The molecule has 4 aromatic rings. The van der Waals surface area contributed by atoms with Crippen LogP contribution in [0.4, 0.5) is 0 Å². The molecule has 1 N–H and O–H groups in total. The summed E-state index contributed by atoms with van der Waals surface area (Å²) in [7, 11) is -0.0439. The van der Waals surface area contributed by atoms with E-state index < -0.39 is 15.9 Å². The fourth-order valence-corrected chi connectivity index (χ4v) is 4.96. The first-order chi connectivity index (χ1) is 16.5. The summed E-state index contributed by atoms with van der Waals surface area (Å²) in [6, 6.07) is 15.3. The molecular weight excluding hydrogens is 486 g/mol. The molecule has 10 heteroatoms. The van der Waals surface area contributed by atoms with E-state index in [4.69, 9.17) is 11.6 Å². The Kier molecular flexibility index (Phi) is 6.93. The molecule has 0 bridgehead atoms. The number of aryl methyl sites for hydroxylation is 2. The molecule has 8 nitrogen and oxygen atoms in total. The van der Waals surface area contributed by atoms with Gasteiger partial charge in [-0.3, -0.25) is 4.79 Å². The number of imidazole rings is 1. The van der Waals surface area contributed by atoms with E-state index in [1.165, 1.54) is 18.2 Å². The number of hydrogen-bond donors (Lipinski definition) is 1. The number of carbonyl (C=O) groups is 1. The molecule has 0 atom stereocenters. The lowest BCUT2D eigenvalue weighted by Gasteiger charge is -2.13. The van der Waals surface area contributed by atoms with Crippen LogP contribution in [0.3, 0.4) is 0 Å². The van der Waals surface area contributed by atoms with E-state index >= 15 is 0 Å². The van der Waals surface area contributed by atoms with Crippen LogP contribution in [0.1, 0.15) is 33.0 Å². The SMILES string of the molecule is Cc1ccc(S(=O)(=O)NC(=O)c2ccc3nc(C)n(Cc4ccc(CN(C)C)cc4Cl)c3n2)cc1. The second-order valence-corrected chi connectivity index (χ2v) is 10.8. The Morgan fingerprint density at radius 3 is 2.40 bits per heavy atom. The smallest absolute Gasteiger partial charge is 0.283 e. The molecule has 2 aromatic carbocycles. The van der Waals surface area contributed by atoms with Gasteiger partial charge in [0, 0.05) is 11.6 Å². The van der Waals surface area contributed by atoms with Crippen molar-refractivity contribution in [3.8, 4) is 0 Å². The lowest BCUT2D eigenvalue weighted by atomic mass is 10.1. The molecule has 2 aromatic heterocycles. The Hall–Kier alpha value is -3.27. The number of nitrogens with zero attached hydrogens (tertiary/aromatic N) is 4. The summed E-state index contributed by atoms with van der Waals surface area (Å²) in [5.41, 5.74) is 3.94. The van der Waals surface area contributed by atoms with Crippen LogP contribution < -0.4 is 4.72 Å². The monoisotopic (exact) mass is 511 g/mol. The first kappa shape index (κ1) is 24.8. The van der Waals surface area contributed by atoms with Crippen molar-refractivity contribution in [2.45, 2.75) is 31.8 Å². The maximum Gasteiger partial charge on any atom is 0.283 e. The number of rotatable bonds is 7. The van der Waals surface area contributed by atoms with Crippen molar-refractivity contribution in [2.75, 3.05) is 14.1 Å². The van der Waals surface area contributed by atoms with E-state index in [2.05, 4.69) is 19.6 Å². The summed E-state index contributed by atoms with van der Waals surface area (Å²) >= 11 is 6.55. The summed E-state index contributed by atoms with van der Waals surface area (Å²) in [4.78, 5) is 23.8. The van der Waals surface area contributed by atoms with Gasteiger partial charge in [-0.2, -0.15) is 0 Å². The number of hydrogen-bond acceptors (Lipinski definition) is 6. The van der Waals surface area contributed by atoms with Crippen molar-refractivity contribution >= 4 is 38.7 Å². The number of amides is 1. The maximum atomic E-state index is 12.8. The standard InChI is InChI=1S/C25H26ClN5O3S/c1-16-5-9-20(10-6-16)35(33,34)29-25(32)23-12-11-22-24(28-23)31(17(2)27-22)15-19-8-7-18(13-21(19)26)14-30(3)4/h5-13H,14-15H2,1-4H3,(H,29,32). The molecule has 35 heavy (non-hydrogen) atoms. The van der Waals surface area contributed by atoms with E-state index in [9.17, 15) is 13.2 Å². The highest BCUT2D eigenvalue weighted by Crippen LogP contribution is 2.23. The van der Waals surface area contributed by atoms with Gasteiger partial charge in [0.1, 0.15) is 17.0 Å². The zero-order valence-corrected chi connectivity index (χ0v) is 21.5. The van der Waals surface area contributed by atoms with Crippen LogP contribution in [0.25, 0.3) is 11.2 Å². The number of benzene rings is 2. The summed E-state index contributed by atoms with van der Waals surface area (Å²) in [5, 5.41) is 0.628. The number of nitrogens with one attached hydrogen (secondary N) is 1. The van der Waals surface area contributed by atoms with Gasteiger partial charge in [-0.15, -0.1) is 0 Å². The van der Waals surface area contributed by atoms with Crippen molar-refractivity contribution in [2.24, 2.45) is 0 Å². The molecule has 4 rings (SSSR count). The number of sulfonamides is 1. The highest BCUT2D eigenvalue weighted by atomic mass is 35.5. The van der Waals surface area contributed by atoms with Crippen LogP contribution in [-0.2, 0) is 23.1 Å². The Labute approximate surface area is 209 Å². The van der Waals surface area contributed by atoms with Crippen LogP contribution in [-0.4, -0.2) is 47.9 Å². The number of aromatic nitrogens is 3. The van der Waals surface area contributed by atoms with Gasteiger partial charge in [-0.05, 0) is 69.4 Å². The maximum absolute atomic E-state index is 12.8. The summed E-state index contributed by atoms with van der Waals surface area (Å²) in [5.74, 6) is -0.116. The largest absolute Gasteiger partial charge is 0.308 e. The van der Waals surface area contributed by atoms with E-state index in [-0.39, 0.29) is 10.6 Å². The Bertz CT molecular complexity index is 1510. The predicted octanol–water partition coefficient (Wildman–Crippen LogP) is 3.93. The Morgan fingerprint density at radius 1 is 1.03 bits per heavy atom. The first-order valence-corrected chi connectivity index (χ1v) is 12.8. The molecule has 0 unspecified atom stereocenters. The minimum Gasteiger partial charge on any atom is -0.308 e. The summed E-state index contributed by atoms with van der Waals surface area (Å²) < 4.78 is 29.2. The van der Waals surface area contributed by atoms with E-state index in [0.29, 0.717) is 28.6 Å². The fraction of sp³-hybridized carbons (Fsp3) is 0.240. The number of carbonyl (C=O) groups excluding carboxylic acids is 1. The zero-order valence-electron chi connectivity index (χ0n) is 19.9. The molecule has 0 radical (unpaired) electrons. The van der Waals surface area contributed by atoms with Gasteiger partial charge in [-0.1, -0.05) is 41.4 Å². The normalized spacial score (nSPS) is 11.8. The van der Waals surface area contributed by atoms with Crippen molar-refractivity contribution < 1.29 is 13.2 Å². The molecule has 0 saturated heterocycles. The quantitative estimate of drug-likeness (QED) is 0.404. The molecule has 2 heterocycles. The molecule has 182 valence electrons. The number of pyridine rings is 1. The van der Waals surface area contributed by atoms with Gasteiger partial charge in [0.25, 0.3) is 15.9 Å². The van der Waals surface area contributed by atoms with Gasteiger partial charge in [-0.25, -0.2) is 23.1 Å². The van der Waals surface area contributed by atoms with Gasteiger partial charge in [0.05, 0.1) is 11.4 Å².